The summed E-state index contributed by atoms with van der Waals surface area (Å²) in [7, 11) is 0. The molecular weight excluding hydrogens is 250 g/mol. The number of anilines is 1. The Bertz CT molecular complexity index is 643. The maximum atomic E-state index is 9.93. The van der Waals surface area contributed by atoms with Crippen molar-refractivity contribution in [2.45, 2.75) is 50.8 Å². The van der Waals surface area contributed by atoms with E-state index in [9.17, 15) is 5.11 Å². The molecule has 2 saturated heterocycles. The number of aliphatic hydroxyl groups is 1. The lowest BCUT2D eigenvalue weighted by molar-refractivity contribution is 0.126. The van der Waals surface area contributed by atoms with Crippen molar-refractivity contribution in [2.24, 2.45) is 0 Å². The van der Waals surface area contributed by atoms with Crippen LogP contribution < -0.4 is 4.90 Å². The molecular formula is C16H19N3O. The number of nitrogens with zero attached hydrogens (tertiary/aromatic N) is 3. The van der Waals surface area contributed by atoms with Crippen molar-refractivity contribution < 1.29 is 5.11 Å². The van der Waals surface area contributed by atoms with E-state index in [2.05, 4.69) is 4.90 Å². The summed E-state index contributed by atoms with van der Waals surface area (Å²) >= 11 is 0. The Balaban J connectivity index is 1.80. The Kier molecular flexibility index (Phi) is 2.67. The maximum Gasteiger partial charge on any atom is 0.151 e. The second kappa shape index (κ2) is 4.42. The van der Waals surface area contributed by atoms with Crippen molar-refractivity contribution in [3.05, 3.63) is 30.0 Å². The van der Waals surface area contributed by atoms with Crippen molar-refractivity contribution in [3.8, 4) is 0 Å². The minimum Gasteiger partial charge on any atom is -0.393 e. The molecule has 1 aromatic heterocycles. The quantitative estimate of drug-likeness (QED) is 0.864. The first-order chi connectivity index (χ1) is 9.72. The van der Waals surface area contributed by atoms with Gasteiger partial charge in [0.05, 0.1) is 22.8 Å². The van der Waals surface area contributed by atoms with E-state index < -0.39 is 0 Å². The normalized spacial score (nSPS) is 29.1. The number of hydrogen-bond acceptors (Lipinski definition) is 4. The Labute approximate surface area is 118 Å². The summed E-state index contributed by atoms with van der Waals surface area (Å²) in [6.07, 6.45) is 3.91. The van der Waals surface area contributed by atoms with Gasteiger partial charge in [0.25, 0.3) is 0 Å². The first-order valence-electron chi connectivity index (χ1n) is 7.42. The predicted molar refractivity (Wildman–Crippen MR) is 78.8 cm³/mol. The van der Waals surface area contributed by atoms with Gasteiger partial charge in [-0.1, -0.05) is 12.1 Å². The molecule has 4 nitrogen and oxygen atoms in total. The van der Waals surface area contributed by atoms with Crippen LogP contribution in [-0.2, 0) is 0 Å². The smallest absolute Gasteiger partial charge is 0.151 e. The zero-order valence-electron chi connectivity index (χ0n) is 11.7. The highest BCUT2D eigenvalue weighted by molar-refractivity contribution is 5.76. The molecule has 4 heteroatoms. The summed E-state index contributed by atoms with van der Waals surface area (Å²) in [4.78, 5) is 12.0. The van der Waals surface area contributed by atoms with Crippen LogP contribution in [0.15, 0.2) is 24.3 Å². The fourth-order valence-corrected chi connectivity index (χ4v) is 3.82. The molecule has 0 spiro atoms. The Hall–Kier alpha value is -1.68. The Morgan fingerprint density at radius 3 is 2.30 bits per heavy atom. The zero-order chi connectivity index (χ0) is 13.7. The second-order valence-corrected chi connectivity index (χ2v) is 6.04. The minimum absolute atomic E-state index is 0.141. The molecule has 4 rings (SSSR count). The molecule has 2 fully saturated rings. The highest BCUT2D eigenvalue weighted by Gasteiger charge is 2.41. The van der Waals surface area contributed by atoms with E-state index in [0.717, 1.165) is 48.2 Å². The molecule has 1 N–H and O–H groups in total. The van der Waals surface area contributed by atoms with Gasteiger partial charge < -0.3 is 10.0 Å². The lowest BCUT2D eigenvalue weighted by Crippen LogP contribution is -2.45. The van der Waals surface area contributed by atoms with Crippen LogP contribution in [-0.4, -0.2) is 33.3 Å². The van der Waals surface area contributed by atoms with E-state index in [-0.39, 0.29) is 6.10 Å². The SMILES string of the molecule is Cc1nc2ccccc2nc1N1C2CCC1CC(O)C2. The lowest BCUT2D eigenvalue weighted by atomic mass is 10.00. The van der Waals surface area contributed by atoms with Gasteiger partial charge in [-0.05, 0) is 44.7 Å². The summed E-state index contributed by atoms with van der Waals surface area (Å²) in [6.45, 7) is 2.04. The summed E-state index contributed by atoms with van der Waals surface area (Å²) in [6, 6.07) is 8.89. The van der Waals surface area contributed by atoms with Gasteiger partial charge in [-0.2, -0.15) is 0 Å². The van der Waals surface area contributed by atoms with Gasteiger partial charge in [-0.25, -0.2) is 9.97 Å². The molecule has 104 valence electrons. The molecule has 20 heavy (non-hydrogen) atoms. The molecule has 0 radical (unpaired) electrons. The fraction of sp³-hybridized carbons (Fsp3) is 0.500. The molecule has 3 heterocycles. The van der Waals surface area contributed by atoms with E-state index >= 15 is 0 Å². The van der Waals surface area contributed by atoms with Crippen LogP contribution in [0.5, 0.6) is 0 Å². The van der Waals surface area contributed by atoms with Crippen LogP contribution in [0.3, 0.4) is 0 Å². The van der Waals surface area contributed by atoms with Crippen LogP contribution in [0.1, 0.15) is 31.4 Å². The molecule has 1 aromatic carbocycles. The number of aryl methyl sites for hydroxylation is 1. The molecule has 2 unspecified atom stereocenters. The number of fused-ring (bicyclic) bond motifs is 3. The molecule has 0 amide bonds. The van der Waals surface area contributed by atoms with Gasteiger partial charge >= 0.3 is 0 Å². The maximum absolute atomic E-state index is 9.93. The molecule has 2 bridgehead atoms. The van der Waals surface area contributed by atoms with Crippen molar-refractivity contribution in [1.82, 2.24) is 9.97 Å². The summed E-state index contributed by atoms with van der Waals surface area (Å²) in [5.74, 6) is 1.02. The second-order valence-electron chi connectivity index (χ2n) is 6.04. The van der Waals surface area contributed by atoms with E-state index in [1.807, 2.05) is 31.2 Å². The predicted octanol–water partition coefficient (Wildman–Crippen LogP) is 2.43. The van der Waals surface area contributed by atoms with E-state index in [1.54, 1.807) is 0 Å². The average molecular weight is 269 g/mol. The van der Waals surface area contributed by atoms with Gasteiger partial charge in [-0.15, -0.1) is 0 Å². The fourth-order valence-electron chi connectivity index (χ4n) is 3.82. The van der Waals surface area contributed by atoms with Crippen LogP contribution in [0, 0.1) is 6.92 Å². The summed E-state index contributed by atoms with van der Waals surface area (Å²) < 4.78 is 0. The molecule has 0 aliphatic carbocycles. The third-order valence-corrected chi connectivity index (χ3v) is 4.67. The van der Waals surface area contributed by atoms with Gasteiger partial charge in [-0.3, -0.25) is 0 Å². The number of hydrogen-bond donors (Lipinski definition) is 1. The Morgan fingerprint density at radius 2 is 1.65 bits per heavy atom. The van der Waals surface area contributed by atoms with Crippen LogP contribution >= 0.6 is 0 Å². The standard InChI is InChI=1S/C16H19N3O/c1-10-16(18-15-5-3-2-4-14(15)17-10)19-11-6-7-12(19)9-13(20)8-11/h2-5,11-13,20H,6-9H2,1H3. The van der Waals surface area contributed by atoms with Crippen molar-refractivity contribution in [3.63, 3.8) is 0 Å². The third-order valence-electron chi connectivity index (χ3n) is 4.67. The molecule has 2 aromatic rings. The third kappa shape index (κ3) is 1.79. The van der Waals surface area contributed by atoms with Gasteiger partial charge in [0.1, 0.15) is 0 Å². The van der Waals surface area contributed by atoms with Gasteiger partial charge in [0.15, 0.2) is 5.82 Å². The lowest BCUT2D eigenvalue weighted by Gasteiger charge is -2.38. The van der Waals surface area contributed by atoms with Crippen molar-refractivity contribution in [2.75, 3.05) is 4.90 Å². The molecule has 0 saturated carbocycles. The summed E-state index contributed by atoms with van der Waals surface area (Å²) in [5, 5.41) is 9.93. The van der Waals surface area contributed by atoms with E-state index in [1.165, 1.54) is 0 Å². The monoisotopic (exact) mass is 269 g/mol. The highest BCUT2D eigenvalue weighted by Crippen LogP contribution is 2.39. The molecule has 2 atom stereocenters. The Morgan fingerprint density at radius 1 is 1.05 bits per heavy atom. The largest absolute Gasteiger partial charge is 0.393 e. The number of aliphatic hydroxyl groups excluding tert-OH is 1. The number of rotatable bonds is 1. The van der Waals surface area contributed by atoms with E-state index in [0.29, 0.717) is 12.1 Å². The molecule has 2 aliphatic heterocycles. The highest BCUT2D eigenvalue weighted by atomic mass is 16.3. The first-order valence-corrected chi connectivity index (χ1v) is 7.42. The number of benzene rings is 1. The van der Waals surface area contributed by atoms with Crippen LogP contribution in [0.2, 0.25) is 0 Å². The summed E-state index contributed by atoms with van der Waals surface area (Å²) in [5.41, 5.74) is 2.91. The van der Waals surface area contributed by atoms with E-state index in [4.69, 9.17) is 9.97 Å². The minimum atomic E-state index is -0.141. The van der Waals surface area contributed by atoms with Gasteiger partial charge in [0, 0.05) is 12.1 Å². The van der Waals surface area contributed by atoms with Crippen LogP contribution in [0.25, 0.3) is 11.0 Å². The van der Waals surface area contributed by atoms with Crippen molar-refractivity contribution >= 4 is 16.9 Å². The topological polar surface area (TPSA) is 49.2 Å². The number of aromatic nitrogens is 2. The zero-order valence-corrected chi connectivity index (χ0v) is 11.7. The molecule has 2 aliphatic rings. The van der Waals surface area contributed by atoms with Gasteiger partial charge in [0.2, 0.25) is 0 Å². The van der Waals surface area contributed by atoms with Crippen molar-refractivity contribution in [1.29, 1.82) is 0 Å². The average Bonchev–Trinajstić information content (AvgIpc) is 2.70. The first kappa shape index (κ1) is 12.1. The van der Waals surface area contributed by atoms with Crippen LogP contribution in [0.4, 0.5) is 5.82 Å². The number of piperidine rings is 1. The number of para-hydroxylation sites is 2.